The second-order valence-electron chi connectivity index (χ2n) is 7.99. The van der Waals surface area contributed by atoms with Crippen LogP contribution in [0.5, 0.6) is 0 Å². The van der Waals surface area contributed by atoms with Gasteiger partial charge in [-0.2, -0.15) is 57.1 Å². The van der Waals surface area contributed by atoms with E-state index in [1.54, 1.807) is 0 Å². The number of halogens is 14. The number of alkyl halides is 14. The Labute approximate surface area is 197 Å². The molecule has 0 saturated carbocycles. The Bertz CT molecular complexity index is 587. The summed E-state index contributed by atoms with van der Waals surface area (Å²) in [6.45, 7) is 2.34. The molecule has 2 unspecified atom stereocenters. The Hall–Kier alpha value is -0.180. The lowest BCUT2D eigenvalue weighted by Gasteiger charge is -2.42. The largest absolute Gasteiger partial charge is 0.460 e. The fourth-order valence-corrected chi connectivity index (χ4v) is 3.91. The lowest BCUT2D eigenvalue weighted by Crippen LogP contribution is -2.71. The molecule has 0 radical (unpaired) electrons. The van der Waals surface area contributed by atoms with Gasteiger partial charge in [0.05, 0.1) is 0 Å². The molecule has 0 heterocycles. The second kappa shape index (κ2) is 11.7. The van der Waals surface area contributed by atoms with E-state index in [4.69, 9.17) is 0 Å². The monoisotopic (exact) mass is 628 g/mol. The van der Waals surface area contributed by atoms with Crippen molar-refractivity contribution in [1.29, 1.82) is 0 Å². The van der Waals surface area contributed by atoms with E-state index < -0.39 is 45.6 Å². The van der Waals surface area contributed by atoms with Crippen molar-refractivity contribution in [3.05, 3.63) is 0 Å². The summed E-state index contributed by atoms with van der Waals surface area (Å²) in [5, 5.41) is 0. The quantitative estimate of drug-likeness (QED) is 0.0734. The van der Waals surface area contributed by atoms with Gasteiger partial charge in [0.15, 0.2) is 0 Å². The SMILES string of the molecule is CCCCCCCCCCC(I)C(C)C(F)(F)C(F)(F)C(F)(F)C(F)(F)C(F)(F)C(F)(F)F. The van der Waals surface area contributed by atoms with Crippen molar-refractivity contribution in [3.63, 3.8) is 0 Å². The Morgan fingerprint density at radius 1 is 0.545 bits per heavy atom. The third kappa shape index (κ3) is 6.73. The lowest BCUT2D eigenvalue weighted by atomic mass is 9.85. The van der Waals surface area contributed by atoms with E-state index in [2.05, 4.69) is 0 Å². The highest BCUT2D eigenvalue weighted by Gasteiger charge is 2.91. The van der Waals surface area contributed by atoms with Crippen molar-refractivity contribution >= 4 is 22.6 Å². The number of rotatable bonds is 15. The Balaban J connectivity index is 5.39. The van der Waals surface area contributed by atoms with Crippen molar-refractivity contribution in [2.75, 3.05) is 0 Å². The van der Waals surface area contributed by atoms with Crippen LogP contribution in [0.2, 0.25) is 0 Å². The van der Waals surface area contributed by atoms with Crippen LogP contribution in [-0.2, 0) is 0 Å². The molecule has 0 saturated heterocycles. The van der Waals surface area contributed by atoms with Crippen molar-refractivity contribution in [1.82, 2.24) is 0 Å². The highest BCUT2D eigenvalue weighted by Crippen LogP contribution is 2.61. The summed E-state index contributed by atoms with van der Waals surface area (Å²) >= 11 is 1.22. The standard InChI is InChI=1S/C19H26F13I/c1-3-4-5-6-7-8-9-10-11-13(33)12(2)14(20,21)15(22,23)16(24,25)17(26,27)18(28,29)19(30,31)32/h12-13H,3-11H2,1-2H3. The van der Waals surface area contributed by atoms with Crippen LogP contribution in [0.15, 0.2) is 0 Å². The predicted molar refractivity (Wildman–Crippen MR) is 105 cm³/mol. The molecule has 0 aliphatic heterocycles. The molecule has 0 aromatic rings. The molecule has 14 heteroatoms. The molecular formula is C19H26F13I. The van der Waals surface area contributed by atoms with Crippen molar-refractivity contribution < 1.29 is 57.1 Å². The molecule has 0 aromatic heterocycles. The summed E-state index contributed by atoms with van der Waals surface area (Å²) in [4.78, 5) is 0. The summed E-state index contributed by atoms with van der Waals surface area (Å²) in [6.07, 6.45) is -1.40. The minimum absolute atomic E-state index is 0.205. The molecule has 0 aliphatic rings. The minimum Gasteiger partial charge on any atom is -0.199 e. The summed E-state index contributed by atoms with van der Waals surface area (Å²) < 4.78 is 171. The van der Waals surface area contributed by atoms with Crippen LogP contribution in [0.25, 0.3) is 0 Å². The van der Waals surface area contributed by atoms with E-state index in [1.165, 1.54) is 22.6 Å². The van der Waals surface area contributed by atoms with Crippen LogP contribution in [0, 0.1) is 5.92 Å². The third-order valence-electron chi connectivity index (χ3n) is 5.41. The van der Waals surface area contributed by atoms with Gasteiger partial charge in [0.25, 0.3) is 0 Å². The maximum atomic E-state index is 14.2. The van der Waals surface area contributed by atoms with Crippen molar-refractivity contribution in [2.45, 2.75) is 111 Å². The van der Waals surface area contributed by atoms with E-state index in [9.17, 15) is 57.1 Å². The average Bonchev–Trinajstić information content (AvgIpc) is 2.67. The summed E-state index contributed by atoms with van der Waals surface area (Å²) in [6, 6.07) is 0. The summed E-state index contributed by atoms with van der Waals surface area (Å²) in [7, 11) is 0. The zero-order valence-electron chi connectivity index (χ0n) is 17.8. The van der Waals surface area contributed by atoms with Gasteiger partial charge in [-0.25, -0.2) is 0 Å². The molecule has 0 N–H and O–H groups in total. The molecule has 0 aromatic carbocycles. The van der Waals surface area contributed by atoms with E-state index in [0.29, 0.717) is 19.8 Å². The van der Waals surface area contributed by atoms with Crippen LogP contribution in [0.1, 0.15) is 71.6 Å². The lowest BCUT2D eigenvalue weighted by molar-refractivity contribution is -0.442. The van der Waals surface area contributed by atoms with Gasteiger partial charge < -0.3 is 0 Å². The maximum absolute atomic E-state index is 14.2. The van der Waals surface area contributed by atoms with E-state index in [1.807, 2.05) is 6.92 Å². The zero-order valence-corrected chi connectivity index (χ0v) is 20.0. The van der Waals surface area contributed by atoms with Gasteiger partial charge in [0, 0.05) is 9.84 Å². The smallest absolute Gasteiger partial charge is 0.199 e. The van der Waals surface area contributed by atoms with Gasteiger partial charge >= 0.3 is 35.8 Å². The first-order valence-electron chi connectivity index (χ1n) is 10.2. The molecule has 0 amide bonds. The molecule has 0 fully saturated rings. The predicted octanol–water partition coefficient (Wildman–Crippen LogP) is 9.70. The zero-order chi connectivity index (χ0) is 26.5. The highest BCUT2D eigenvalue weighted by atomic mass is 127. The number of unbranched alkanes of at least 4 members (excludes halogenated alkanes) is 7. The first-order valence-corrected chi connectivity index (χ1v) is 11.5. The van der Waals surface area contributed by atoms with E-state index >= 15 is 0 Å². The maximum Gasteiger partial charge on any atom is 0.460 e. The van der Waals surface area contributed by atoms with Gasteiger partial charge in [0.1, 0.15) is 0 Å². The Morgan fingerprint density at radius 3 is 1.30 bits per heavy atom. The first kappa shape index (κ1) is 32.8. The Kier molecular flexibility index (Phi) is 11.6. The van der Waals surface area contributed by atoms with Gasteiger partial charge in [0.2, 0.25) is 0 Å². The molecule has 0 nitrogen and oxygen atoms in total. The number of hydrogen-bond acceptors (Lipinski definition) is 0. The molecule has 2 atom stereocenters. The van der Waals surface area contributed by atoms with Gasteiger partial charge in [-0.1, -0.05) is 87.8 Å². The number of hydrogen-bond donors (Lipinski definition) is 0. The van der Waals surface area contributed by atoms with E-state index in [-0.39, 0.29) is 12.8 Å². The first-order chi connectivity index (χ1) is 14.6. The highest BCUT2D eigenvalue weighted by molar-refractivity contribution is 14.1. The van der Waals surface area contributed by atoms with Gasteiger partial charge in [-0.05, 0) is 6.42 Å². The molecule has 0 bridgehead atoms. The molecule has 0 aliphatic carbocycles. The second-order valence-corrected chi connectivity index (χ2v) is 9.59. The van der Waals surface area contributed by atoms with Crippen molar-refractivity contribution in [3.8, 4) is 0 Å². The molecule has 200 valence electrons. The third-order valence-corrected chi connectivity index (χ3v) is 7.11. The summed E-state index contributed by atoms with van der Waals surface area (Å²) in [5.41, 5.74) is 0. The van der Waals surface area contributed by atoms with Crippen LogP contribution in [-0.4, -0.2) is 39.7 Å². The molecular weight excluding hydrogens is 602 g/mol. The summed E-state index contributed by atoms with van der Waals surface area (Å²) in [5.74, 6) is -39.2. The fraction of sp³-hybridized carbons (Fsp3) is 1.00. The van der Waals surface area contributed by atoms with Crippen molar-refractivity contribution in [2.24, 2.45) is 5.92 Å². The fourth-order valence-electron chi connectivity index (χ4n) is 3.02. The average molecular weight is 628 g/mol. The van der Waals surface area contributed by atoms with Crippen LogP contribution < -0.4 is 0 Å². The molecule has 0 rings (SSSR count). The van der Waals surface area contributed by atoms with E-state index in [0.717, 1.165) is 32.1 Å². The molecule has 33 heavy (non-hydrogen) atoms. The van der Waals surface area contributed by atoms with Crippen LogP contribution >= 0.6 is 22.6 Å². The molecule has 0 spiro atoms. The van der Waals surface area contributed by atoms with Gasteiger partial charge in [-0.15, -0.1) is 0 Å². The van der Waals surface area contributed by atoms with Gasteiger partial charge in [-0.3, -0.25) is 0 Å². The van der Waals surface area contributed by atoms with Crippen LogP contribution in [0.4, 0.5) is 57.1 Å². The topological polar surface area (TPSA) is 0 Å². The normalized spacial score (nSPS) is 16.7. The Morgan fingerprint density at radius 2 is 0.909 bits per heavy atom. The minimum atomic E-state index is -7.84. The van der Waals surface area contributed by atoms with Crippen LogP contribution in [0.3, 0.4) is 0 Å².